The molecule has 0 radical (unpaired) electrons. The molecule has 0 fully saturated rings. The summed E-state index contributed by atoms with van der Waals surface area (Å²) in [5.74, 6) is 0.272. The van der Waals surface area contributed by atoms with Crippen molar-refractivity contribution < 1.29 is 29.3 Å². The Labute approximate surface area is 183 Å². The molecule has 0 spiro atoms. The summed E-state index contributed by atoms with van der Waals surface area (Å²) in [4.78, 5) is 12.7. The zero-order valence-corrected chi connectivity index (χ0v) is 17.4. The normalized spacial score (nSPS) is 15.3. The van der Waals surface area contributed by atoms with E-state index in [0.717, 1.165) is 0 Å². The van der Waals surface area contributed by atoms with Crippen LogP contribution in [0.5, 0.6) is 11.5 Å². The van der Waals surface area contributed by atoms with Crippen molar-refractivity contribution in [2.45, 2.75) is 6.10 Å². The van der Waals surface area contributed by atoms with Gasteiger partial charge in [-0.1, -0.05) is 53.6 Å². The molecule has 1 aliphatic carbocycles. The van der Waals surface area contributed by atoms with E-state index >= 15 is 0 Å². The number of aromatic nitrogens is 1. The summed E-state index contributed by atoms with van der Waals surface area (Å²) in [7, 11) is 1.49. The molecule has 156 valence electrons. The fourth-order valence-electron chi connectivity index (χ4n) is 2.68. The van der Waals surface area contributed by atoms with Gasteiger partial charge in [-0.15, -0.1) is 0 Å². The number of halogens is 2. The van der Waals surface area contributed by atoms with E-state index in [4.69, 9.17) is 32.7 Å². The Bertz CT molecular complexity index is 1030. The van der Waals surface area contributed by atoms with Crippen molar-refractivity contribution in [3.63, 3.8) is 0 Å². The second kappa shape index (κ2) is 9.67. The number of pyridine rings is 1. The number of hydrogen-bond acceptors (Lipinski definition) is 5. The molecule has 3 N–H and O–H groups in total. The van der Waals surface area contributed by atoms with Crippen LogP contribution in [-0.2, 0) is 0 Å². The number of rotatable bonds is 6. The molecule has 2 aromatic rings. The second-order valence-electron chi connectivity index (χ2n) is 6.27. The van der Waals surface area contributed by atoms with Crippen LogP contribution in [0.1, 0.15) is 10.4 Å². The van der Waals surface area contributed by atoms with E-state index in [0.29, 0.717) is 21.8 Å². The molecule has 1 atom stereocenters. The molecule has 0 bridgehead atoms. The van der Waals surface area contributed by atoms with Crippen LogP contribution in [0.2, 0.25) is 10.0 Å². The maximum atomic E-state index is 12.7. The summed E-state index contributed by atoms with van der Waals surface area (Å²) in [6.07, 6.45) is 10.4. The molecule has 0 saturated heterocycles. The predicted octanol–water partition coefficient (Wildman–Crippen LogP) is 3.57. The Morgan fingerprint density at radius 3 is 2.60 bits per heavy atom. The molecule has 3 rings (SSSR count). The van der Waals surface area contributed by atoms with Gasteiger partial charge in [-0.25, -0.2) is 0 Å². The predicted molar refractivity (Wildman–Crippen MR) is 113 cm³/mol. The third-order valence-electron chi connectivity index (χ3n) is 4.23. The van der Waals surface area contributed by atoms with Crippen LogP contribution < -0.4 is 19.5 Å². The Morgan fingerprint density at radius 2 is 1.90 bits per heavy atom. The first-order valence-electron chi connectivity index (χ1n) is 8.82. The number of amides is 1. The van der Waals surface area contributed by atoms with Crippen molar-refractivity contribution in [1.82, 2.24) is 0 Å². The zero-order valence-electron chi connectivity index (χ0n) is 15.9. The maximum absolute atomic E-state index is 12.7. The number of benzene rings is 1. The number of carbonyl (C=O) groups is 1. The first-order chi connectivity index (χ1) is 14.4. The smallest absolute Gasteiger partial charge is 0.255 e. The Hall–Kier alpha value is -3.00. The molecular formula is C21H19Cl2N2O5+. The molecule has 1 aromatic heterocycles. The molecule has 7 nitrogen and oxygen atoms in total. The van der Waals surface area contributed by atoms with E-state index in [1.54, 1.807) is 42.5 Å². The summed E-state index contributed by atoms with van der Waals surface area (Å²) in [6, 6.07) is 4.67. The van der Waals surface area contributed by atoms with Crippen LogP contribution in [0.15, 0.2) is 66.5 Å². The molecular weight excluding hydrogens is 431 g/mol. The summed E-state index contributed by atoms with van der Waals surface area (Å²) < 4.78 is 11.8. The van der Waals surface area contributed by atoms with Crippen LogP contribution >= 0.6 is 23.2 Å². The number of ether oxygens (including phenoxy) is 2. The average molecular weight is 450 g/mol. The number of aliphatic hydroxyl groups excluding tert-OH is 1. The summed E-state index contributed by atoms with van der Waals surface area (Å²) >= 11 is 12.1. The van der Waals surface area contributed by atoms with E-state index in [1.165, 1.54) is 25.6 Å². The van der Waals surface area contributed by atoms with Crippen molar-refractivity contribution in [2.75, 3.05) is 19.0 Å². The van der Waals surface area contributed by atoms with Gasteiger partial charge in [-0.05, 0) is 23.8 Å². The van der Waals surface area contributed by atoms with Crippen LogP contribution in [0.4, 0.5) is 5.69 Å². The largest absolute Gasteiger partial charge is 0.493 e. The van der Waals surface area contributed by atoms with Gasteiger partial charge in [0.2, 0.25) is 12.4 Å². The minimum absolute atomic E-state index is 0.0683. The van der Waals surface area contributed by atoms with Crippen LogP contribution in [0, 0.1) is 0 Å². The fourth-order valence-corrected chi connectivity index (χ4v) is 3.22. The van der Waals surface area contributed by atoms with E-state index in [9.17, 15) is 15.1 Å². The van der Waals surface area contributed by atoms with Gasteiger partial charge in [0.05, 0.1) is 18.9 Å². The van der Waals surface area contributed by atoms with Crippen molar-refractivity contribution in [2.24, 2.45) is 0 Å². The highest BCUT2D eigenvalue weighted by molar-refractivity contribution is 6.39. The third-order valence-corrected chi connectivity index (χ3v) is 4.81. The lowest BCUT2D eigenvalue weighted by Gasteiger charge is -2.15. The minimum Gasteiger partial charge on any atom is -0.493 e. The SMILES string of the molecule is COc1ccc(C(=O)Nc2c(Cl)c[n+](O)cc2Cl)cc1OCC1=CC=CC=CC1O. The van der Waals surface area contributed by atoms with Gasteiger partial charge in [0.15, 0.2) is 11.5 Å². The molecule has 1 amide bonds. The van der Waals surface area contributed by atoms with Gasteiger partial charge in [0.1, 0.15) is 16.7 Å². The topological polar surface area (TPSA) is 91.9 Å². The zero-order chi connectivity index (χ0) is 21.7. The molecule has 1 unspecified atom stereocenters. The van der Waals surface area contributed by atoms with Crippen LogP contribution in [-0.4, -0.2) is 36.0 Å². The number of nitrogens with zero attached hydrogens (tertiary/aromatic N) is 1. The molecule has 0 saturated carbocycles. The van der Waals surface area contributed by atoms with Gasteiger partial charge in [-0.3, -0.25) is 10.0 Å². The van der Waals surface area contributed by atoms with Crippen LogP contribution in [0.3, 0.4) is 0 Å². The first kappa shape index (κ1) is 21.7. The summed E-state index contributed by atoms with van der Waals surface area (Å²) in [5, 5.41) is 22.3. The number of hydrogen-bond donors (Lipinski definition) is 3. The quantitative estimate of drug-likeness (QED) is 0.463. The van der Waals surface area contributed by atoms with E-state index in [2.05, 4.69) is 5.32 Å². The van der Waals surface area contributed by atoms with E-state index in [1.807, 2.05) is 0 Å². The van der Waals surface area contributed by atoms with Crippen LogP contribution in [0.25, 0.3) is 0 Å². The van der Waals surface area contributed by atoms with Gasteiger partial charge in [-0.2, -0.15) is 0 Å². The summed E-state index contributed by atoms with van der Waals surface area (Å²) in [6.45, 7) is 0.101. The standard InChI is InChI=1S/C21H18Cl2N2O5/c1-29-18-8-7-13(21(27)24-20-15(22)10-25(28)11-16(20)23)9-19(18)30-12-14-5-3-2-4-6-17(14)26/h2-11,17,26,28H,12H2,1H3/p+1. The number of anilines is 1. The van der Waals surface area contributed by atoms with Crippen molar-refractivity contribution in [3.05, 3.63) is 82.2 Å². The monoisotopic (exact) mass is 449 g/mol. The lowest BCUT2D eigenvalue weighted by Crippen LogP contribution is -2.29. The van der Waals surface area contributed by atoms with Gasteiger partial charge in [0.25, 0.3) is 5.91 Å². The van der Waals surface area contributed by atoms with Gasteiger partial charge in [0, 0.05) is 10.3 Å². The molecule has 30 heavy (non-hydrogen) atoms. The van der Waals surface area contributed by atoms with Crippen molar-refractivity contribution in [3.8, 4) is 11.5 Å². The fraction of sp³-hybridized carbons (Fsp3) is 0.143. The maximum Gasteiger partial charge on any atom is 0.255 e. The van der Waals surface area contributed by atoms with Gasteiger partial charge < -0.3 is 19.9 Å². The Kier molecular flexibility index (Phi) is 6.99. The van der Waals surface area contributed by atoms with E-state index in [-0.39, 0.29) is 27.9 Å². The Morgan fingerprint density at radius 1 is 1.17 bits per heavy atom. The molecule has 9 heteroatoms. The van der Waals surface area contributed by atoms with Crippen molar-refractivity contribution in [1.29, 1.82) is 0 Å². The highest BCUT2D eigenvalue weighted by Gasteiger charge is 2.19. The van der Waals surface area contributed by atoms with Crippen molar-refractivity contribution >= 4 is 34.8 Å². The van der Waals surface area contributed by atoms with Gasteiger partial charge >= 0.3 is 0 Å². The third kappa shape index (κ3) is 5.13. The highest BCUT2D eigenvalue weighted by atomic mass is 35.5. The molecule has 1 aromatic carbocycles. The van der Waals surface area contributed by atoms with E-state index < -0.39 is 12.0 Å². The molecule has 1 heterocycles. The first-order valence-corrected chi connectivity index (χ1v) is 9.58. The minimum atomic E-state index is -0.769. The second-order valence-corrected chi connectivity index (χ2v) is 7.09. The number of carbonyl (C=O) groups excluding carboxylic acids is 1. The number of allylic oxidation sites excluding steroid dienone is 4. The lowest BCUT2D eigenvalue weighted by atomic mass is 10.1. The highest BCUT2D eigenvalue weighted by Crippen LogP contribution is 2.31. The summed E-state index contributed by atoms with van der Waals surface area (Å²) in [5.41, 5.74) is 1.09. The average Bonchev–Trinajstić information content (AvgIpc) is 2.92. The Balaban J connectivity index is 1.80. The number of nitrogens with one attached hydrogen (secondary N) is 1. The number of methoxy groups -OCH3 is 1. The molecule has 0 aliphatic heterocycles. The lowest BCUT2D eigenvalue weighted by molar-refractivity contribution is -0.904. The number of aliphatic hydroxyl groups is 1. The molecule has 1 aliphatic rings.